The number of likely N-dealkylation sites (tertiary alicyclic amines) is 1. The number of anilines is 1. The monoisotopic (exact) mass is 459 g/mol. The van der Waals surface area contributed by atoms with Crippen LogP contribution in [-0.2, 0) is 0 Å². The van der Waals surface area contributed by atoms with Gasteiger partial charge in [0.15, 0.2) is 0 Å². The molecule has 5 rings (SSSR count). The summed E-state index contributed by atoms with van der Waals surface area (Å²) in [7, 11) is 2.00. The molecule has 2 aliphatic rings. The zero-order chi connectivity index (χ0) is 23.5. The second-order valence-electron chi connectivity index (χ2n) is 8.91. The van der Waals surface area contributed by atoms with Crippen LogP contribution in [0.15, 0.2) is 54.7 Å². The number of H-pyrrole nitrogens is 1. The summed E-state index contributed by atoms with van der Waals surface area (Å²) >= 11 is 0. The minimum absolute atomic E-state index is 0.0278. The molecule has 2 atom stereocenters. The maximum absolute atomic E-state index is 13.7. The van der Waals surface area contributed by atoms with Crippen LogP contribution in [0, 0.1) is 11.2 Å². The molecule has 0 radical (unpaired) electrons. The molecule has 0 aliphatic carbocycles. The molecule has 0 spiro atoms. The van der Waals surface area contributed by atoms with Gasteiger partial charge in [0.1, 0.15) is 23.3 Å². The van der Waals surface area contributed by atoms with E-state index in [1.165, 1.54) is 6.07 Å². The first-order chi connectivity index (χ1) is 16.6. The van der Waals surface area contributed by atoms with Gasteiger partial charge in [-0.1, -0.05) is 18.2 Å². The summed E-state index contributed by atoms with van der Waals surface area (Å²) in [5.74, 6) is 1.81. The predicted molar refractivity (Wildman–Crippen MR) is 133 cm³/mol. The molecule has 0 saturated carbocycles. The van der Waals surface area contributed by atoms with Gasteiger partial charge in [-0.25, -0.2) is 14.4 Å². The van der Waals surface area contributed by atoms with Crippen molar-refractivity contribution in [1.82, 2.24) is 25.2 Å². The summed E-state index contributed by atoms with van der Waals surface area (Å²) < 4.78 is 13.7. The van der Waals surface area contributed by atoms with Crippen LogP contribution >= 0.6 is 0 Å². The van der Waals surface area contributed by atoms with Gasteiger partial charge >= 0.3 is 0 Å². The predicted octanol–water partition coefficient (Wildman–Crippen LogP) is 4.24. The van der Waals surface area contributed by atoms with Crippen molar-refractivity contribution in [3.8, 4) is 11.4 Å². The van der Waals surface area contributed by atoms with Crippen molar-refractivity contribution < 1.29 is 4.39 Å². The fraction of sp³-hybridized carbons (Fsp3) is 0.346. The summed E-state index contributed by atoms with van der Waals surface area (Å²) in [5.41, 5.74) is 2.61. The molecule has 8 heteroatoms. The number of imidazole rings is 1. The van der Waals surface area contributed by atoms with Crippen molar-refractivity contribution >= 4 is 17.7 Å². The van der Waals surface area contributed by atoms with Crippen molar-refractivity contribution in [2.75, 3.05) is 31.6 Å². The van der Waals surface area contributed by atoms with E-state index in [1.807, 2.05) is 42.3 Å². The van der Waals surface area contributed by atoms with Crippen molar-refractivity contribution in [3.63, 3.8) is 0 Å². The molecule has 176 valence electrons. The van der Waals surface area contributed by atoms with E-state index in [-0.39, 0.29) is 11.9 Å². The maximum Gasteiger partial charge on any atom is 0.130 e. The highest BCUT2D eigenvalue weighted by Crippen LogP contribution is 2.32. The largest absolute Gasteiger partial charge is 0.355 e. The van der Waals surface area contributed by atoms with E-state index in [9.17, 15) is 4.39 Å². The van der Waals surface area contributed by atoms with E-state index in [2.05, 4.69) is 20.2 Å². The van der Waals surface area contributed by atoms with Crippen LogP contribution in [0.3, 0.4) is 0 Å². The van der Waals surface area contributed by atoms with Gasteiger partial charge in [0.05, 0.1) is 23.6 Å². The molecule has 7 nitrogen and oxygen atoms in total. The number of halogens is 1. The summed E-state index contributed by atoms with van der Waals surface area (Å²) in [6.07, 6.45) is 8.36. The fourth-order valence-electron chi connectivity index (χ4n) is 4.87. The van der Waals surface area contributed by atoms with Gasteiger partial charge in [0, 0.05) is 25.7 Å². The number of aromatic amines is 1. The average Bonchev–Trinajstić information content (AvgIpc) is 3.63. The molecule has 4 heterocycles. The SMILES string of the molecule is CN[C@@H]1CCN(c2cccc(-c3cnc(/C=C\C(=N)N4CCCC4c4cccc(F)c4)[nH]3)n2)C1. The van der Waals surface area contributed by atoms with Crippen LogP contribution in [0.4, 0.5) is 10.2 Å². The Labute approximate surface area is 199 Å². The minimum atomic E-state index is -0.237. The summed E-state index contributed by atoms with van der Waals surface area (Å²) in [6.45, 7) is 2.74. The number of benzene rings is 1. The number of pyridine rings is 1. The number of hydrogen-bond donors (Lipinski definition) is 3. The van der Waals surface area contributed by atoms with E-state index in [0.717, 1.165) is 61.7 Å². The molecule has 2 aliphatic heterocycles. The zero-order valence-corrected chi connectivity index (χ0v) is 19.3. The molecule has 3 aromatic rings. The van der Waals surface area contributed by atoms with Crippen LogP contribution in [0.1, 0.15) is 36.7 Å². The van der Waals surface area contributed by atoms with Crippen LogP contribution < -0.4 is 10.2 Å². The van der Waals surface area contributed by atoms with Crippen LogP contribution in [0.5, 0.6) is 0 Å². The molecule has 1 unspecified atom stereocenters. The van der Waals surface area contributed by atoms with Crippen molar-refractivity contribution in [2.24, 2.45) is 0 Å². The Bertz CT molecular complexity index is 1190. The lowest BCUT2D eigenvalue weighted by Crippen LogP contribution is -2.29. The van der Waals surface area contributed by atoms with E-state index < -0.39 is 0 Å². The minimum Gasteiger partial charge on any atom is -0.355 e. The third-order valence-electron chi connectivity index (χ3n) is 6.72. The number of amidine groups is 1. The maximum atomic E-state index is 13.7. The Hall–Kier alpha value is -3.52. The highest BCUT2D eigenvalue weighted by atomic mass is 19.1. The van der Waals surface area contributed by atoms with E-state index in [1.54, 1.807) is 24.4 Å². The molecule has 2 fully saturated rings. The van der Waals surface area contributed by atoms with Gasteiger partial charge in [-0.2, -0.15) is 0 Å². The second-order valence-corrected chi connectivity index (χ2v) is 8.91. The third-order valence-corrected chi connectivity index (χ3v) is 6.72. The highest BCUT2D eigenvalue weighted by Gasteiger charge is 2.27. The van der Waals surface area contributed by atoms with Crippen LogP contribution in [-0.4, -0.2) is 58.4 Å². The number of rotatable bonds is 6. The Balaban J connectivity index is 1.27. The van der Waals surface area contributed by atoms with Crippen LogP contribution in [0.25, 0.3) is 17.5 Å². The molecule has 0 amide bonds. The second kappa shape index (κ2) is 9.77. The Morgan fingerprint density at radius 3 is 2.91 bits per heavy atom. The first-order valence-electron chi connectivity index (χ1n) is 11.8. The molecule has 0 bridgehead atoms. The molecule has 3 N–H and O–H groups in total. The van der Waals surface area contributed by atoms with Crippen LogP contribution in [0.2, 0.25) is 0 Å². The molecule has 34 heavy (non-hydrogen) atoms. The first-order valence-corrected chi connectivity index (χ1v) is 11.8. The lowest BCUT2D eigenvalue weighted by atomic mass is 10.0. The van der Waals surface area contributed by atoms with Gasteiger partial charge in [-0.15, -0.1) is 0 Å². The molecule has 1 aromatic carbocycles. The van der Waals surface area contributed by atoms with E-state index in [4.69, 9.17) is 10.4 Å². The van der Waals surface area contributed by atoms with Gasteiger partial charge in [0.25, 0.3) is 0 Å². The van der Waals surface area contributed by atoms with E-state index in [0.29, 0.717) is 17.7 Å². The summed E-state index contributed by atoms with van der Waals surface area (Å²) in [4.78, 5) is 16.9. The topological polar surface area (TPSA) is 83.9 Å². The van der Waals surface area contributed by atoms with Gasteiger partial charge in [-0.05, 0) is 68.3 Å². The smallest absolute Gasteiger partial charge is 0.130 e. The third kappa shape index (κ3) is 4.72. The first kappa shape index (κ1) is 22.3. The number of hydrogen-bond acceptors (Lipinski definition) is 5. The number of likely N-dealkylation sites (N-methyl/N-ethyl adjacent to an activating group) is 1. The van der Waals surface area contributed by atoms with Gasteiger partial charge < -0.3 is 20.1 Å². The normalized spacial score (nSPS) is 20.5. The Kier molecular flexibility index (Phi) is 6.40. The Morgan fingerprint density at radius 2 is 2.09 bits per heavy atom. The van der Waals surface area contributed by atoms with Gasteiger partial charge in [0.2, 0.25) is 0 Å². The summed E-state index contributed by atoms with van der Waals surface area (Å²) in [6, 6.07) is 13.3. The van der Waals surface area contributed by atoms with Crippen molar-refractivity contribution in [1.29, 1.82) is 5.41 Å². The highest BCUT2D eigenvalue weighted by molar-refractivity contribution is 5.94. The quantitative estimate of drug-likeness (QED) is 0.379. The van der Waals surface area contributed by atoms with Crippen molar-refractivity contribution in [3.05, 3.63) is 71.9 Å². The average molecular weight is 460 g/mol. The molecule has 2 aromatic heterocycles. The standard InChI is InChI=1S/C26H30FN7/c1-29-20-12-14-33(17-20)26-9-3-7-21(32-26)22-16-30-25(31-22)11-10-24(28)34-13-4-8-23(34)18-5-2-6-19(27)15-18/h2-3,5-7,9-11,15-16,20,23,28-29H,4,8,12-14,17H2,1H3,(H,30,31)/b11-10-,28-24?/t20-,23?/m1/s1. The number of nitrogens with zero attached hydrogens (tertiary/aromatic N) is 4. The number of aromatic nitrogens is 3. The molecular formula is C26H30FN7. The van der Waals surface area contributed by atoms with E-state index >= 15 is 0 Å². The lowest BCUT2D eigenvalue weighted by Gasteiger charge is -2.26. The lowest BCUT2D eigenvalue weighted by molar-refractivity contribution is 0.399. The number of nitrogens with one attached hydrogen (secondary N) is 3. The fourth-order valence-corrected chi connectivity index (χ4v) is 4.87. The van der Waals surface area contributed by atoms with Crippen molar-refractivity contribution in [2.45, 2.75) is 31.3 Å². The summed E-state index contributed by atoms with van der Waals surface area (Å²) in [5, 5.41) is 11.9. The molecular weight excluding hydrogens is 429 g/mol. The van der Waals surface area contributed by atoms with Gasteiger partial charge in [-0.3, -0.25) is 5.41 Å². The molecule has 2 saturated heterocycles. The Morgan fingerprint density at radius 1 is 1.21 bits per heavy atom. The zero-order valence-electron chi connectivity index (χ0n) is 19.3.